The molecule has 0 aliphatic heterocycles. The number of rotatable bonds is 6. The van der Waals surface area contributed by atoms with Crippen molar-refractivity contribution in [3.63, 3.8) is 0 Å². The van der Waals surface area contributed by atoms with Gasteiger partial charge in [0.15, 0.2) is 0 Å². The van der Waals surface area contributed by atoms with Gasteiger partial charge in [0, 0.05) is 13.6 Å². The average molecular weight is 270 g/mol. The largest absolute Gasteiger partial charge is 0.480 e. The Morgan fingerprint density at radius 2 is 2.28 bits per heavy atom. The van der Waals surface area contributed by atoms with Gasteiger partial charge in [-0.2, -0.15) is 11.3 Å². The van der Waals surface area contributed by atoms with Crippen molar-refractivity contribution in [2.45, 2.75) is 32.4 Å². The Kier molecular flexibility index (Phi) is 5.64. The third-order valence-electron chi connectivity index (χ3n) is 2.52. The van der Waals surface area contributed by atoms with E-state index in [1.54, 1.807) is 18.4 Å². The van der Waals surface area contributed by atoms with Crippen molar-refractivity contribution in [1.29, 1.82) is 0 Å². The van der Waals surface area contributed by atoms with Crippen LogP contribution >= 0.6 is 11.3 Å². The topological polar surface area (TPSA) is 69.6 Å². The first-order chi connectivity index (χ1) is 8.54. The number of amides is 2. The van der Waals surface area contributed by atoms with Gasteiger partial charge in [-0.1, -0.05) is 13.3 Å². The summed E-state index contributed by atoms with van der Waals surface area (Å²) in [6, 6.07) is 0.768. The average Bonchev–Trinajstić information content (AvgIpc) is 2.80. The molecule has 2 amide bonds. The minimum absolute atomic E-state index is 0.359. The zero-order valence-electron chi connectivity index (χ0n) is 10.5. The highest BCUT2D eigenvalue weighted by Crippen LogP contribution is 2.08. The summed E-state index contributed by atoms with van der Waals surface area (Å²) in [5, 5.41) is 15.4. The van der Waals surface area contributed by atoms with Gasteiger partial charge in [0.2, 0.25) is 0 Å². The molecule has 0 unspecified atom stereocenters. The van der Waals surface area contributed by atoms with E-state index in [4.69, 9.17) is 5.11 Å². The number of urea groups is 1. The molecule has 1 rings (SSSR count). The highest BCUT2D eigenvalue weighted by atomic mass is 32.1. The highest BCUT2D eigenvalue weighted by Gasteiger charge is 2.20. The van der Waals surface area contributed by atoms with Crippen LogP contribution in [0.1, 0.15) is 25.3 Å². The van der Waals surface area contributed by atoms with Crippen LogP contribution < -0.4 is 5.32 Å². The van der Waals surface area contributed by atoms with Gasteiger partial charge in [-0.15, -0.1) is 0 Å². The molecule has 5 nitrogen and oxygen atoms in total. The summed E-state index contributed by atoms with van der Waals surface area (Å²) in [5.41, 5.74) is 1.04. The number of hydrogen-bond acceptors (Lipinski definition) is 3. The van der Waals surface area contributed by atoms with E-state index in [0.29, 0.717) is 19.4 Å². The maximum absolute atomic E-state index is 11.8. The summed E-state index contributed by atoms with van der Waals surface area (Å²) in [5.74, 6) is -0.992. The van der Waals surface area contributed by atoms with Crippen LogP contribution in [0, 0.1) is 0 Å². The van der Waals surface area contributed by atoms with Gasteiger partial charge in [-0.3, -0.25) is 0 Å². The molecule has 0 bridgehead atoms. The zero-order valence-corrected chi connectivity index (χ0v) is 11.4. The number of carboxylic acid groups (broad SMARTS) is 1. The third-order valence-corrected chi connectivity index (χ3v) is 3.25. The summed E-state index contributed by atoms with van der Waals surface area (Å²) < 4.78 is 0. The van der Waals surface area contributed by atoms with Crippen molar-refractivity contribution < 1.29 is 14.7 Å². The van der Waals surface area contributed by atoms with Crippen LogP contribution in [-0.4, -0.2) is 35.1 Å². The van der Waals surface area contributed by atoms with Crippen LogP contribution in [0.3, 0.4) is 0 Å². The van der Waals surface area contributed by atoms with E-state index >= 15 is 0 Å². The lowest BCUT2D eigenvalue weighted by Gasteiger charge is -2.20. The van der Waals surface area contributed by atoms with E-state index < -0.39 is 12.0 Å². The molecule has 0 aliphatic carbocycles. The Bertz CT molecular complexity index is 392. The van der Waals surface area contributed by atoms with Crippen molar-refractivity contribution in [3.8, 4) is 0 Å². The number of hydrogen-bond donors (Lipinski definition) is 2. The quantitative estimate of drug-likeness (QED) is 0.832. The van der Waals surface area contributed by atoms with E-state index in [2.05, 4.69) is 5.32 Å². The normalized spacial score (nSPS) is 11.9. The van der Waals surface area contributed by atoms with Gasteiger partial charge in [0.1, 0.15) is 6.04 Å². The van der Waals surface area contributed by atoms with Crippen molar-refractivity contribution in [1.82, 2.24) is 10.2 Å². The molecule has 0 aliphatic rings. The summed E-state index contributed by atoms with van der Waals surface area (Å²) >= 11 is 1.57. The summed E-state index contributed by atoms with van der Waals surface area (Å²) in [7, 11) is 1.65. The molecule has 2 N–H and O–H groups in total. The summed E-state index contributed by atoms with van der Waals surface area (Å²) in [6.07, 6.45) is 1.15. The molecule has 0 spiro atoms. The van der Waals surface area contributed by atoms with Crippen LogP contribution in [0.4, 0.5) is 4.79 Å². The van der Waals surface area contributed by atoms with Gasteiger partial charge in [-0.05, 0) is 28.8 Å². The summed E-state index contributed by atoms with van der Waals surface area (Å²) in [4.78, 5) is 24.2. The van der Waals surface area contributed by atoms with Crippen LogP contribution in [0.15, 0.2) is 16.8 Å². The minimum Gasteiger partial charge on any atom is -0.480 e. The van der Waals surface area contributed by atoms with Crippen molar-refractivity contribution in [2.24, 2.45) is 0 Å². The molecule has 1 aromatic heterocycles. The Morgan fingerprint density at radius 1 is 1.56 bits per heavy atom. The molecule has 0 aromatic carbocycles. The number of thiophene rings is 1. The molecule has 1 atom stereocenters. The smallest absolute Gasteiger partial charge is 0.326 e. The maximum Gasteiger partial charge on any atom is 0.326 e. The lowest BCUT2D eigenvalue weighted by Crippen LogP contribution is -2.46. The second-order valence-electron chi connectivity index (χ2n) is 4.12. The number of carbonyl (C=O) groups is 2. The van der Waals surface area contributed by atoms with E-state index in [-0.39, 0.29) is 6.03 Å². The van der Waals surface area contributed by atoms with Gasteiger partial charge in [0.05, 0.1) is 0 Å². The lowest BCUT2D eigenvalue weighted by atomic mass is 10.2. The van der Waals surface area contributed by atoms with Crippen molar-refractivity contribution in [2.75, 3.05) is 7.05 Å². The molecule has 0 fully saturated rings. The number of aliphatic carboxylic acids is 1. The molecule has 1 heterocycles. The fourth-order valence-electron chi connectivity index (χ4n) is 1.53. The van der Waals surface area contributed by atoms with E-state index in [9.17, 15) is 9.59 Å². The fourth-order valence-corrected chi connectivity index (χ4v) is 2.19. The number of carboxylic acids is 1. The van der Waals surface area contributed by atoms with Crippen LogP contribution in [0.2, 0.25) is 0 Å². The predicted octanol–water partition coefficient (Wildman–Crippen LogP) is 2.14. The molecular weight excluding hydrogens is 252 g/mol. The van der Waals surface area contributed by atoms with E-state index in [1.165, 1.54) is 4.90 Å². The Morgan fingerprint density at radius 3 is 2.78 bits per heavy atom. The van der Waals surface area contributed by atoms with Gasteiger partial charge < -0.3 is 15.3 Å². The predicted molar refractivity (Wildman–Crippen MR) is 70.6 cm³/mol. The van der Waals surface area contributed by atoms with Gasteiger partial charge in [-0.25, -0.2) is 9.59 Å². The standard InChI is InChI=1S/C12H18N2O3S/c1-3-4-10(11(15)16)13-12(17)14(2)7-9-5-6-18-8-9/h5-6,8,10H,3-4,7H2,1-2H3,(H,13,17)(H,15,16)/t10-/m0/s1. The Hall–Kier alpha value is -1.56. The van der Waals surface area contributed by atoms with E-state index in [0.717, 1.165) is 5.56 Å². The van der Waals surface area contributed by atoms with E-state index in [1.807, 2.05) is 23.8 Å². The number of nitrogens with zero attached hydrogens (tertiary/aromatic N) is 1. The minimum atomic E-state index is -0.992. The first kappa shape index (κ1) is 14.5. The van der Waals surface area contributed by atoms with Gasteiger partial charge in [0.25, 0.3) is 0 Å². The highest BCUT2D eigenvalue weighted by molar-refractivity contribution is 7.07. The third kappa shape index (κ3) is 4.37. The first-order valence-corrected chi connectivity index (χ1v) is 6.74. The first-order valence-electron chi connectivity index (χ1n) is 5.80. The van der Waals surface area contributed by atoms with Crippen molar-refractivity contribution in [3.05, 3.63) is 22.4 Å². The van der Waals surface area contributed by atoms with Crippen LogP contribution in [0.5, 0.6) is 0 Å². The molecular formula is C12H18N2O3S. The SMILES string of the molecule is CCC[C@H](NC(=O)N(C)Cc1ccsc1)C(=O)O. The van der Waals surface area contributed by atoms with Crippen molar-refractivity contribution >= 4 is 23.3 Å². The fraction of sp³-hybridized carbons (Fsp3) is 0.500. The monoisotopic (exact) mass is 270 g/mol. The molecule has 0 saturated heterocycles. The van der Waals surface area contributed by atoms with Gasteiger partial charge >= 0.3 is 12.0 Å². The van der Waals surface area contributed by atoms with Crippen LogP contribution in [-0.2, 0) is 11.3 Å². The maximum atomic E-state index is 11.8. The second-order valence-corrected chi connectivity index (χ2v) is 4.90. The molecule has 6 heteroatoms. The Balaban J connectivity index is 2.50. The molecule has 100 valence electrons. The van der Waals surface area contributed by atoms with Crippen LogP contribution in [0.25, 0.3) is 0 Å². The molecule has 0 saturated carbocycles. The summed E-state index contributed by atoms with van der Waals surface area (Å²) in [6.45, 7) is 2.37. The molecule has 1 aromatic rings. The number of nitrogens with one attached hydrogen (secondary N) is 1. The lowest BCUT2D eigenvalue weighted by molar-refractivity contribution is -0.139. The number of carbonyl (C=O) groups excluding carboxylic acids is 1. The molecule has 0 radical (unpaired) electrons. The second kappa shape index (κ2) is 7.00. The Labute approximate surface area is 110 Å². The molecule has 18 heavy (non-hydrogen) atoms. The zero-order chi connectivity index (χ0) is 13.5.